The van der Waals surface area contributed by atoms with Crippen molar-refractivity contribution in [3.05, 3.63) is 54.2 Å². The van der Waals surface area contributed by atoms with Crippen molar-refractivity contribution in [3.63, 3.8) is 0 Å². The Morgan fingerprint density at radius 1 is 1.33 bits per heavy atom. The Morgan fingerprint density at radius 2 is 2.10 bits per heavy atom. The van der Waals surface area contributed by atoms with Crippen LogP contribution in [-0.4, -0.2) is 24.5 Å². The van der Waals surface area contributed by atoms with Gasteiger partial charge in [0.25, 0.3) is 5.91 Å². The zero-order valence-corrected chi connectivity index (χ0v) is 11.8. The van der Waals surface area contributed by atoms with E-state index in [1.165, 1.54) is 0 Å². The van der Waals surface area contributed by atoms with Crippen LogP contribution in [0, 0.1) is 11.3 Å². The van der Waals surface area contributed by atoms with Gasteiger partial charge in [-0.25, -0.2) is 4.98 Å². The molecule has 0 radical (unpaired) electrons. The molecule has 2 aromatic rings. The molecule has 21 heavy (non-hydrogen) atoms. The molecule has 1 amide bonds. The van der Waals surface area contributed by atoms with Crippen molar-refractivity contribution in [1.29, 1.82) is 5.26 Å². The maximum absolute atomic E-state index is 12.7. The summed E-state index contributed by atoms with van der Waals surface area (Å²) in [6.07, 6.45) is 1.87. The molecule has 0 saturated heterocycles. The molecule has 1 aromatic carbocycles. The van der Waals surface area contributed by atoms with Crippen molar-refractivity contribution in [2.24, 2.45) is 0 Å². The van der Waals surface area contributed by atoms with Crippen LogP contribution in [0.4, 0.5) is 11.5 Å². The molecule has 0 atom stereocenters. The Morgan fingerprint density at radius 3 is 2.76 bits per heavy atom. The van der Waals surface area contributed by atoms with Gasteiger partial charge < -0.3 is 10.2 Å². The summed E-state index contributed by atoms with van der Waals surface area (Å²) in [5.74, 6) is 0.490. The first-order valence-corrected chi connectivity index (χ1v) is 6.64. The number of hydrogen-bond donors (Lipinski definition) is 1. The number of para-hydroxylation sites is 1. The van der Waals surface area contributed by atoms with Gasteiger partial charge in [0.15, 0.2) is 0 Å². The van der Waals surface area contributed by atoms with E-state index >= 15 is 0 Å². The number of nitrogens with zero attached hydrogens (tertiary/aromatic N) is 3. The van der Waals surface area contributed by atoms with Crippen LogP contribution in [0.1, 0.15) is 16.8 Å². The van der Waals surface area contributed by atoms with E-state index < -0.39 is 0 Å². The molecule has 0 unspecified atom stereocenters. The number of hydrogen-bond acceptors (Lipinski definition) is 4. The van der Waals surface area contributed by atoms with Gasteiger partial charge >= 0.3 is 0 Å². The number of amides is 1. The summed E-state index contributed by atoms with van der Waals surface area (Å²) in [5.41, 5.74) is 1.32. The van der Waals surface area contributed by atoms with Crippen LogP contribution in [0.5, 0.6) is 0 Å². The maximum Gasteiger partial charge on any atom is 0.258 e. The first-order chi connectivity index (χ1) is 10.3. The quantitative estimate of drug-likeness (QED) is 0.914. The fourth-order valence-corrected chi connectivity index (χ4v) is 1.97. The van der Waals surface area contributed by atoms with Gasteiger partial charge in [-0.15, -0.1) is 0 Å². The molecule has 2 rings (SSSR count). The van der Waals surface area contributed by atoms with Crippen molar-refractivity contribution in [2.75, 3.05) is 23.8 Å². The van der Waals surface area contributed by atoms with Crippen molar-refractivity contribution in [1.82, 2.24) is 4.98 Å². The van der Waals surface area contributed by atoms with E-state index in [9.17, 15) is 4.79 Å². The van der Waals surface area contributed by atoms with Gasteiger partial charge in [-0.05, 0) is 24.3 Å². The van der Waals surface area contributed by atoms with E-state index in [0.29, 0.717) is 17.9 Å². The number of aromatic nitrogens is 1. The highest BCUT2D eigenvalue weighted by Gasteiger charge is 2.17. The summed E-state index contributed by atoms with van der Waals surface area (Å²) >= 11 is 0. The lowest BCUT2D eigenvalue weighted by atomic mass is 10.2. The zero-order valence-electron chi connectivity index (χ0n) is 11.8. The van der Waals surface area contributed by atoms with Crippen LogP contribution < -0.4 is 10.2 Å². The van der Waals surface area contributed by atoms with Crippen molar-refractivity contribution < 1.29 is 4.79 Å². The lowest BCUT2D eigenvalue weighted by Gasteiger charge is -2.22. The van der Waals surface area contributed by atoms with Crippen molar-refractivity contribution in [2.45, 2.75) is 6.42 Å². The molecule has 0 aliphatic heterocycles. The Kier molecular flexibility index (Phi) is 4.89. The van der Waals surface area contributed by atoms with E-state index in [-0.39, 0.29) is 12.3 Å². The van der Waals surface area contributed by atoms with E-state index in [1.807, 2.05) is 30.3 Å². The molecule has 106 valence electrons. The molecule has 1 N–H and O–H groups in total. The molecule has 0 aliphatic rings. The number of anilines is 2. The molecular weight excluding hydrogens is 264 g/mol. The second-order valence-electron chi connectivity index (χ2n) is 4.38. The van der Waals surface area contributed by atoms with Crippen LogP contribution in [0.3, 0.4) is 0 Å². The minimum Gasteiger partial charge on any atom is -0.373 e. The van der Waals surface area contributed by atoms with Crippen LogP contribution in [-0.2, 0) is 0 Å². The third-order valence-electron chi connectivity index (χ3n) is 3.02. The van der Waals surface area contributed by atoms with Gasteiger partial charge in [0, 0.05) is 31.0 Å². The number of benzene rings is 1. The summed E-state index contributed by atoms with van der Waals surface area (Å²) in [6.45, 7) is 0.358. The summed E-state index contributed by atoms with van der Waals surface area (Å²) in [6, 6.07) is 14.8. The monoisotopic (exact) mass is 280 g/mol. The fraction of sp³-hybridized carbons (Fsp3) is 0.188. The largest absolute Gasteiger partial charge is 0.373 e. The molecule has 1 aromatic heterocycles. The van der Waals surface area contributed by atoms with Gasteiger partial charge in [0.05, 0.1) is 12.5 Å². The number of carbonyl (C=O) groups excluding carboxylic acids is 1. The third kappa shape index (κ3) is 3.57. The van der Waals surface area contributed by atoms with Crippen LogP contribution >= 0.6 is 0 Å². The molecular formula is C16H16N4O. The van der Waals surface area contributed by atoms with Crippen LogP contribution in [0.2, 0.25) is 0 Å². The second kappa shape index (κ2) is 7.06. The van der Waals surface area contributed by atoms with E-state index in [2.05, 4.69) is 16.4 Å². The molecule has 0 aliphatic carbocycles. The smallest absolute Gasteiger partial charge is 0.258 e. The SMILES string of the molecule is CNc1cc(C(=O)N(CCC#N)c2ccccc2)ccn1. The Labute approximate surface area is 123 Å². The zero-order chi connectivity index (χ0) is 15.1. The number of carbonyl (C=O) groups is 1. The Hall–Kier alpha value is -2.87. The molecule has 0 saturated carbocycles. The number of pyridine rings is 1. The standard InChI is InChI=1S/C16H16N4O/c1-18-15-12-13(8-10-19-15)16(21)20(11-5-9-17)14-6-3-2-4-7-14/h2-4,6-8,10,12H,5,11H2,1H3,(H,18,19). The average Bonchev–Trinajstić information content (AvgIpc) is 2.56. The highest BCUT2D eigenvalue weighted by molar-refractivity contribution is 6.06. The maximum atomic E-state index is 12.7. The Balaban J connectivity index is 2.32. The topological polar surface area (TPSA) is 69.0 Å². The summed E-state index contributed by atoms with van der Waals surface area (Å²) in [7, 11) is 1.75. The highest BCUT2D eigenvalue weighted by atomic mass is 16.2. The van der Waals surface area contributed by atoms with Crippen molar-refractivity contribution >= 4 is 17.4 Å². The van der Waals surface area contributed by atoms with Crippen LogP contribution in [0.15, 0.2) is 48.7 Å². The molecule has 0 fully saturated rings. The van der Waals surface area contributed by atoms with Gasteiger partial charge in [-0.3, -0.25) is 4.79 Å². The van der Waals surface area contributed by atoms with Gasteiger partial charge in [-0.1, -0.05) is 18.2 Å². The molecule has 5 heteroatoms. The van der Waals surface area contributed by atoms with E-state index in [1.54, 1.807) is 30.3 Å². The number of nitrogens with one attached hydrogen (secondary N) is 1. The van der Waals surface area contributed by atoms with E-state index in [4.69, 9.17) is 5.26 Å². The molecule has 5 nitrogen and oxygen atoms in total. The van der Waals surface area contributed by atoms with Crippen molar-refractivity contribution in [3.8, 4) is 6.07 Å². The number of nitriles is 1. The van der Waals surface area contributed by atoms with Gasteiger partial charge in [0.2, 0.25) is 0 Å². The van der Waals surface area contributed by atoms with E-state index in [0.717, 1.165) is 5.69 Å². The first kappa shape index (κ1) is 14.5. The molecule has 0 bridgehead atoms. The minimum atomic E-state index is -0.143. The Bertz CT molecular complexity index is 649. The van der Waals surface area contributed by atoms with Gasteiger partial charge in [-0.2, -0.15) is 5.26 Å². The highest BCUT2D eigenvalue weighted by Crippen LogP contribution is 2.18. The predicted molar refractivity (Wildman–Crippen MR) is 82.1 cm³/mol. The normalized spacial score (nSPS) is 9.71. The lowest BCUT2D eigenvalue weighted by molar-refractivity contribution is 0.0987. The molecule has 0 spiro atoms. The minimum absolute atomic E-state index is 0.143. The third-order valence-corrected chi connectivity index (χ3v) is 3.02. The number of rotatable bonds is 5. The fourth-order valence-electron chi connectivity index (χ4n) is 1.97. The molecule has 1 heterocycles. The van der Waals surface area contributed by atoms with Gasteiger partial charge in [0.1, 0.15) is 5.82 Å². The first-order valence-electron chi connectivity index (χ1n) is 6.64. The predicted octanol–water partition coefficient (Wildman–Crippen LogP) is 2.68. The lowest BCUT2D eigenvalue weighted by Crippen LogP contribution is -2.31. The summed E-state index contributed by atoms with van der Waals surface area (Å²) in [5, 5.41) is 11.7. The van der Waals surface area contributed by atoms with Crippen LogP contribution in [0.25, 0.3) is 0 Å². The average molecular weight is 280 g/mol. The summed E-state index contributed by atoms with van der Waals surface area (Å²) in [4.78, 5) is 18.4. The second-order valence-corrected chi connectivity index (χ2v) is 4.38. The summed E-state index contributed by atoms with van der Waals surface area (Å²) < 4.78 is 0.